The summed E-state index contributed by atoms with van der Waals surface area (Å²) in [6, 6.07) is 0. The van der Waals surface area contributed by atoms with E-state index in [4.69, 9.17) is 11.5 Å². The lowest BCUT2D eigenvalue weighted by atomic mass is 10.0. The number of aromatic nitrogens is 2. The van der Waals surface area contributed by atoms with Gasteiger partial charge in [-0.3, -0.25) is 4.79 Å². The van der Waals surface area contributed by atoms with E-state index >= 15 is 0 Å². The Balaban J connectivity index is 3.20. The molecule has 18 heavy (non-hydrogen) atoms. The van der Waals surface area contributed by atoms with Crippen molar-refractivity contribution in [1.82, 2.24) is 9.97 Å². The average molecular weight is 251 g/mol. The molecule has 1 amide bonds. The van der Waals surface area contributed by atoms with Crippen molar-refractivity contribution in [2.24, 2.45) is 5.73 Å². The highest BCUT2D eigenvalue weighted by Gasteiger charge is 2.26. The Bertz CT molecular complexity index is 468. The molecular weight excluding hydrogens is 230 g/mol. The van der Waals surface area contributed by atoms with Gasteiger partial charge in [-0.2, -0.15) is 0 Å². The largest absolute Gasteiger partial charge is 0.383 e. The third-order valence-electron chi connectivity index (χ3n) is 2.76. The van der Waals surface area contributed by atoms with Gasteiger partial charge in [0.15, 0.2) is 0 Å². The standard InChI is InChI=1S/C12H21N5O/c1-6(2)9-15-8(13)7(3)10(16-9)17-12(4,5)11(14)18/h6H,1-5H3,(H2,14,18)(H3,13,15,16,17). The molecule has 100 valence electrons. The zero-order valence-corrected chi connectivity index (χ0v) is 11.5. The summed E-state index contributed by atoms with van der Waals surface area (Å²) in [6.07, 6.45) is 0. The molecule has 6 heteroatoms. The van der Waals surface area contributed by atoms with Gasteiger partial charge in [0.2, 0.25) is 5.91 Å². The molecule has 0 saturated carbocycles. The van der Waals surface area contributed by atoms with Crippen LogP contribution >= 0.6 is 0 Å². The van der Waals surface area contributed by atoms with Crippen LogP contribution in [0.25, 0.3) is 0 Å². The Morgan fingerprint density at radius 1 is 1.33 bits per heavy atom. The number of rotatable bonds is 4. The second-order valence-corrected chi connectivity index (χ2v) is 5.21. The lowest BCUT2D eigenvalue weighted by Gasteiger charge is -2.24. The number of carbonyl (C=O) groups excluding carboxylic acids is 1. The Morgan fingerprint density at radius 2 is 1.89 bits per heavy atom. The second kappa shape index (κ2) is 4.80. The molecule has 1 heterocycles. The van der Waals surface area contributed by atoms with Crippen molar-refractivity contribution >= 4 is 17.5 Å². The summed E-state index contributed by atoms with van der Waals surface area (Å²) in [5.41, 5.74) is 11.0. The quantitative estimate of drug-likeness (QED) is 0.744. The fourth-order valence-electron chi connectivity index (χ4n) is 1.29. The van der Waals surface area contributed by atoms with E-state index in [0.717, 1.165) is 0 Å². The molecule has 0 atom stereocenters. The van der Waals surface area contributed by atoms with E-state index in [1.807, 2.05) is 13.8 Å². The highest BCUT2D eigenvalue weighted by Crippen LogP contribution is 2.23. The predicted octanol–water partition coefficient (Wildman–Crippen LogP) is 1.17. The monoisotopic (exact) mass is 251 g/mol. The van der Waals surface area contributed by atoms with Crippen LogP contribution in [0, 0.1) is 6.92 Å². The van der Waals surface area contributed by atoms with Crippen LogP contribution in [0.2, 0.25) is 0 Å². The lowest BCUT2D eigenvalue weighted by Crippen LogP contribution is -2.45. The first-order valence-corrected chi connectivity index (χ1v) is 5.87. The van der Waals surface area contributed by atoms with Gasteiger partial charge in [-0.25, -0.2) is 9.97 Å². The molecule has 0 aliphatic heterocycles. The number of hydrogen-bond donors (Lipinski definition) is 3. The summed E-state index contributed by atoms with van der Waals surface area (Å²) in [5, 5.41) is 3.02. The van der Waals surface area contributed by atoms with E-state index in [9.17, 15) is 4.79 Å². The molecule has 1 aromatic heterocycles. The molecule has 0 fully saturated rings. The summed E-state index contributed by atoms with van der Waals surface area (Å²) in [4.78, 5) is 19.9. The van der Waals surface area contributed by atoms with E-state index in [0.29, 0.717) is 23.0 Å². The highest BCUT2D eigenvalue weighted by molar-refractivity contribution is 5.87. The van der Waals surface area contributed by atoms with Gasteiger partial charge in [0.05, 0.1) is 0 Å². The van der Waals surface area contributed by atoms with Crippen molar-refractivity contribution in [3.8, 4) is 0 Å². The van der Waals surface area contributed by atoms with Crippen molar-refractivity contribution in [1.29, 1.82) is 0 Å². The third kappa shape index (κ3) is 2.88. The number of nitrogen functional groups attached to an aromatic ring is 1. The zero-order chi connectivity index (χ0) is 14.1. The van der Waals surface area contributed by atoms with Crippen molar-refractivity contribution in [2.75, 3.05) is 11.1 Å². The van der Waals surface area contributed by atoms with Crippen LogP contribution in [-0.2, 0) is 4.79 Å². The minimum Gasteiger partial charge on any atom is -0.383 e. The minimum atomic E-state index is -0.889. The maximum Gasteiger partial charge on any atom is 0.242 e. The fourth-order valence-corrected chi connectivity index (χ4v) is 1.29. The molecule has 0 unspecified atom stereocenters. The van der Waals surface area contributed by atoms with Gasteiger partial charge in [0.25, 0.3) is 0 Å². The average Bonchev–Trinajstić information content (AvgIpc) is 2.23. The number of anilines is 2. The smallest absolute Gasteiger partial charge is 0.242 e. The summed E-state index contributed by atoms with van der Waals surface area (Å²) in [6.45, 7) is 9.16. The van der Waals surface area contributed by atoms with E-state index in [-0.39, 0.29) is 5.92 Å². The van der Waals surface area contributed by atoms with Crippen LogP contribution in [0.4, 0.5) is 11.6 Å². The van der Waals surface area contributed by atoms with Crippen LogP contribution < -0.4 is 16.8 Å². The molecule has 0 saturated heterocycles. The number of primary amides is 1. The van der Waals surface area contributed by atoms with E-state index in [1.54, 1.807) is 20.8 Å². The van der Waals surface area contributed by atoms with Crippen molar-refractivity contribution < 1.29 is 4.79 Å². The van der Waals surface area contributed by atoms with Gasteiger partial charge in [0.1, 0.15) is 23.0 Å². The minimum absolute atomic E-state index is 0.158. The van der Waals surface area contributed by atoms with Crippen molar-refractivity contribution in [2.45, 2.75) is 46.1 Å². The van der Waals surface area contributed by atoms with Gasteiger partial charge >= 0.3 is 0 Å². The molecule has 0 bridgehead atoms. The van der Waals surface area contributed by atoms with Gasteiger partial charge in [-0.15, -0.1) is 0 Å². The molecule has 0 aliphatic carbocycles. The Labute approximate surface area is 107 Å². The second-order valence-electron chi connectivity index (χ2n) is 5.21. The van der Waals surface area contributed by atoms with Gasteiger partial charge in [-0.05, 0) is 20.8 Å². The lowest BCUT2D eigenvalue weighted by molar-refractivity contribution is -0.121. The van der Waals surface area contributed by atoms with Gasteiger partial charge in [0, 0.05) is 11.5 Å². The number of hydrogen-bond acceptors (Lipinski definition) is 5. The molecule has 0 aliphatic rings. The third-order valence-corrected chi connectivity index (χ3v) is 2.76. The molecule has 0 aromatic carbocycles. The van der Waals surface area contributed by atoms with Crippen molar-refractivity contribution in [3.63, 3.8) is 0 Å². The van der Waals surface area contributed by atoms with E-state index < -0.39 is 11.4 Å². The first-order chi connectivity index (χ1) is 8.15. The summed E-state index contributed by atoms with van der Waals surface area (Å²) in [5.74, 6) is 1.31. The SMILES string of the molecule is Cc1c(N)nc(C(C)C)nc1NC(C)(C)C(N)=O. The Hall–Kier alpha value is -1.85. The van der Waals surface area contributed by atoms with Gasteiger partial charge in [-0.1, -0.05) is 13.8 Å². The fraction of sp³-hybridized carbons (Fsp3) is 0.583. The molecule has 0 spiro atoms. The summed E-state index contributed by atoms with van der Waals surface area (Å²) >= 11 is 0. The van der Waals surface area contributed by atoms with E-state index in [1.165, 1.54) is 0 Å². The van der Waals surface area contributed by atoms with Crippen LogP contribution in [0.15, 0.2) is 0 Å². The first kappa shape index (κ1) is 14.2. The van der Waals surface area contributed by atoms with Crippen molar-refractivity contribution in [3.05, 3.63) is 11.4 Å². The number of amides is 1. The molecular formula is C12H21N5O. The highest BCUT2D eigenvalue weighted by atomic mass is 16.1. The number of nitrogens with zero attached hydrogens (tertiary/aromatic N) is 2. The first-order valence-electron chi connectivity index (χ1n) is 5.87. The molecule has 1 rings (SSSR count). The van der Waals surface area contributed by atoms with Gasteiger partial charge < -0.3 is 16.8 Å². The molecule has 0 radical (unpaired) electrons. The maximum atomic E-state index is 11.3. The van der Waals surface area contributed by atoms with Crippen LogP contribution in [0.5, 0.6) is 0 Å². The predicted molar refractivity (Wildman–Crippen MR) is 72.2 cm³/mol. The van der Waals surface area contributed by atoms with Crippen LogP contribution in [-0.4, -0.2) is 21.4 Å². The Morgan fingerprint density at radius 3 is 2.33 bits per heavy atom. The molecule has 6 nitrogen and oxygen atoms in total. The molecule has 1 aromatic rings. The van der Waals surface area contributed by atoms with Crippen LogP contribution in [0.1, 0.15) is 45.0 Å². The topological polar surface area (TPSA) is 107 Å². The van der Waals surface area contributed by atoms with Crippen LogP contribution in [0.3, 0.4) is 0 Å². The number of carbonyl (C=O) groups is 1. The maximum absolute atomic E-state index is 11.3. The number of nitrogens with one attached hydrogen (secondary N) is 1. The summed E-state index contributed by atoms with van der Waals surface area (Å²) in [7, 11) is 0. The molecule has 5 N–H and O–H groups in total. The Kier molecular flexibility index (Phi) is 3.79. The van der Waals surface area contributed by atoms with E-state index in [2.05, 4.69) is 15.3 Å². The number of nitrogens with two attached hydrogens (primary N) is 2. The normalized spacial score (nSPS) is 11.7. The zero-order valence-electron chi connectivity index (χ0n) is 11.5. The summed E-state index contributed by atoms with van der Waals surface area (Å²) < 4.78 is 0.